The van der Waals surface area contributed by atoms with Crippen LogP contribution in [-0.2, 0) is 10.0 Å². The van der Waals surface area contributed by atoms with Gasteiger partial charge in [-0.1, -0.05) is 55.3 Å². The number of aromatic nitrogens is 2. The van der Waals surface area contributed by atoms with Gasteiger partial charge in [-0.25, -0.2) is 13.4 Å². The van der Waals surface area contributed by atoms with Gasteiger partial charge in [-0.05, 0) is 63.6 Å². The Kier molecular flexibility index (Phi) is 8.10. The number of sulfonamides is 1. The maximum atomic E-state index is 13.9. The van der Waals surface area contributed by atoms with Gasteiger partial charge < -0.3 is 4.74 Å². The van der Waals surface area contributed by atoms with Gasteiger partial charge in [-0.3, -0.25) is 9.36 Å². The summed E-state index contributed by atoms with van der Waals surface area (Å²) in [6, 6.07) is 20.5. The van der Waals surface area contributed by atoms with Crippen LogP contribution in [0, 0.1) is 6.92 Å². The normalized spacial score (nSPS) is 12.7. The van der Waals surface area contributed by atoms with E-state index in [4.69, 9.17) is 9.72 Å². The van der Waals surface area contributed by atoms with Crippen LogP contribution < -0.4 is 10.3 Å². The molecule has 1 unspecified atom stereocenters. The molecule has 0 amide bonds. The van der Waals surface area contributed by atoms with E-state index in [2.05, 4.69) is 0 Å². The van der Waals surface area contributed by atoms with Crippen molar-refractivity contribution in [2.45, 2.75) is 51.5 Å². The van der Waals surface area contributed by atoms with Gasteiger partial charge in [0.25, 0.3) is 5.56 Å². The molecule has 0 aliphatic carbocycles. The molecule has 0 spiro atoms. The summed E-state index contributed by atoms with van der Waals surface area (Å²) in [7, 11) is -3.88. The van der Waals surface area contributed by atoms with Crippen molar-refractivity contribution in [1.29, 1.82) is 0 Å². The van der Waals surface area contributed by atoms with Crippen LogP contribution in [0.2, 0.25) is 0 Å². The van der Waals surface area contributed by atoms with Gasteiger partial charge in [0.15, 0.2) is 0 Å². The standard InChI is InChI=1S/C29H33N3O4S/c1-5-7-20-31(37(34,35)23-18-16-21(3)17-19-23)22(4)28-30-25-13-9-8-12-24(25)29(33)32(28)26-14-10-11-15-27(26)36-6-2/h8-19,22H,5-7,20H2,1-4H3. The lowest BCUT2D eigenvalue weighted by molar-refractivity contribution is 0.319. The molecule has 37 heavy (non-hydrogen) atoms. The van der Waals surface area contributed by atoms with Gasteiger partial charge >= 0.3 is 0 Å². The fourth-order valence-electron chi connectivity index (χ4n) is 4.39. The summed E-state index contributed by atoms with van der Waals surface area (Å²) in [5.41, 5.74) is 1.74. The minimum atomic E-state index is -3.88. The number of ether oxygens (including phenoxy) is 1. The van der Waals surface area contributed by atoms with Gasteiger partial charge in [0, 0.05) is 6.54 Å². The van der Waals surface area contributed by atoms with Crippen molar-refractivity contribution < 1.29 is 13.2 Å². The molecule has 1 heterocycles. The number of unbranched alkanes of at least 4 members (excludes halogenated alkanes) is 1. The van der Waals surface area contributed by atoms with Gasteiger partial charge in [0.05, 0.1) is 34.1 Å². The van der Waals surface area contributed by atoms with Crippen molar-refractivity contribution in [3.8, 4) is 11.4 Å². The summed E-state index contributed by atoms with van der Waals surface area (Å²) >= 11 is 0. The van der Waals surface area contributed by atoms with Crippen LogP contribution in [-0.4, -0.2) is 35.4 Å². The first-order chi connectivity index (χ1) is 17.8. The molecule has 1 atom stereocenters. The first kappa shape index (κ1) is 26.6. The van der Waals surface area contributed by atoms with Crippen LogP contribution in [0.3, 0.4) is 0 Å². The molecule has 0 radical (unpaired) electrons. The molecule has 4 rings (SSSR count). The highest BCUT2D eigenvalue weighted by molar-refractivity contribution is 7.89. The minimum Gasteiger partial charge on any atom is -0.492 e. The summed E-state index contributed by atoms with van der Waals surface area (Å²) in [5.74, 6) is 0.863. The molecule has 4 aromatic rings. The third kappa shape index (κ3) is 5.31. The molecule has 7 nitrogen and oxygen atoms in total. The van der Waals surface area contributed by atoms with Crippen molar-refractivity contribution >= 4 is 20.9 Å². The van der Waals surface area contributed by atoms with Crippen LogP contribution in [0.5, 0.6) is 5.75 Å². The molecule has 0 N–H and O–H groups in total. The molecule has 0 fully saturated rings. The number of nitrogens with zero attached hydrogens (tertiary/aromatic N) is 3. The highest BCUT2D eigenvalue weighted by Gasteiger charge is 2.33. The Morgan fingerprint density at radius 3 is 2.35 bits per heavy atom. The Morgan fingerprint density at radius 1 is 0.973 bits per heavy atom. The second-order valence-electron chi connectivity index (χ2n) is 8.99. The van der Waals surface area contributed by atoms with Crippen molar-refractivity contribution in [3.05, 3.63) is 94.5 Å². The van der Waals surface area contributed by atoms with Crippen molar-refractivity contribution in [1.82, 2.24) is 13.9 Å². The zero-order valence-corrected chi connectivity index (χ0v) is 22.5. The number of aryl methyl sites for hydroxylation is 1. The predicted octanol–water partition coefficient (Wildman–Crippen LogP) is 5.64. The Balaban J connectivity index is 1.97. The molecule has 194 valence electrons. The zero-order chi connectivity index (χ0) is 26.6. The third-order valence-electron chi connectivity index (χ3n) is 6.37. The Labute approximate surface area is 218 Å². The van der Waals surface area contributed by atoms with E-state index in [1.165, 1.54) is 8.87 Å². The number of hydrogen-bond donors (Lipinski definition) is 0. The second-order valence-corrected chi connectivity index (χ2v) is 10.9. The number of benzene rings is 3. The molecule has 8 heteroatoms. The number of fused-ring (bicyclic) bond motifs is 1. The van der Waals surface area contributed by atoms with E-state index >= 15 is 0 Å². The molecular formula is C29H33N3O4S. The zero-order valence-electron chi connectivity index (χ0n) is 21.7. The van der Waals surface area contributed by atoms with Gasteiger partial charge in [0.2, 0.25) is 10.0 Å². The lowest BCUT2D eigenvalue weighted by Crippen LogP contribution is -2.38. The predicted molar refractivity (Wildman–Crippen MR) is 147 cm³/mol. The number of hydrogen-bond acceptors (Lipinski definition) is 5. The number of rotatable bonds is 10. The average Bonchev–Trinajstić information content (AvgIpc) is 2.89. The van der Waals surface area contributed by atoms with Crippen LogP contribution in [0.1, 0.15) is 51.0 Å². The highest BCUT2D eigenvalue weighted by Crippen LogP contribution is 2.31. The fourth-order valence-corrected chi connectivity index (χ4v) is 6.02. The van der Waals surface area contributed by atoms with E-state index in [9.17, 15) is 13.2 Å². The van der Waals surface area contributed by atoms with Crippen LogP contribution in [0.4, 0.5) is 0 Å². The van der Waals surface area contributed by atoms with E-state index in [1.807, 2.05) is 39.0 Å². The van der Waals surface area contributed by atoms with Crippen molar-refractivity contribution in [3.63, 3.8) is 0 Å². The molecular weight excluding hydrogens is 486 g/mol. The minimum absolute atomic E-state index is 0.213. The average molecular weight is 520 g/mol. The largest absolute Gasteiger partial charge is 0.492 e. The van der Waals surface area contributed by atoms with Crippen LogP contribution in [0.15, 0.2) is 82.5 Å². The quantitative estimate of drug-likeness (QED) is 0.271. The molecule has 0 bridgehead atoms. The van der Waals surface area contributed by atoms with E-state index in [0.29, 0.717) is 47.7 Å². The highest BCUT2D eigenvalue weighted by atomic mass is 32.2. The number of para-hydroxylation sites is 3. The lowest BCUT2D eigenvalue weighted by atomic mass is 10.2. The summed E-state index contributed by atoms with van der Waals surface area (Å²) in [6.07, 6.45) is 1.49. The SMILES string of the molecule is CCCCN(C(C)c1nc2ccccc2c(=O)n1-c1ccccc1OCC)S(=O)(=O)c1ccc(C)cc1. The van der Waals surface area contributed by atoms with Crippen molar-refractivity contribution in [2.75, 3.05) is 13.2 Å². The molecule has 0 aliphatic rings. The van der Waals surface area contributed by atoms with Crippen LogP contribution >= 0.6 is 0 Å². The summed E-state index contributed by atoms with van der Waals surface area (Å²) in [6.45, 7) is 8.32. The summed E-state index contributed by atoms with van der Waals surface area (Å²) in [5, 5.41) is 0.450. The van der Waals surface area contributed by atoms with E-state index in [-0.39, 0.29) is 10.5 Å². The Morgan fingerprint density at radius 2 is 1.65 bits per heavy atom. The Bertz CT molecular complexity index is 1550. The molecule has 0 saturated carbocycles. The first-order valence-corrected chi connectivity index (χ1v) is 14.1. The fraction of sp³-hybridized carbons (Fsp3) is 0.310. The molecule has 3 aromatic carbocycles. The first-order valence-electron chi connectivity index (χ1n) is 12.6. The third-order valence-corrected chi connectivity index (χ3v) is 8.36. The van der Waals surface area contributed by atoms with Gasteiger partial charge in [-0.2, -0.15) is 4.31 Å². The van der Waals surface area contributed by atoms with E-state index in [0.717, 1.165) is 12.0 Å². The second kappa shape index (κ2) is 11.3. The van der Waals surface area contributed by atoms with Gasteiger partial charge in [0.1, 0.15) is 11.6 Å². The summed E-state index contributed by atoms with van der Waals surface area (Å²) < 4.78 is 36.6. The Hall–Kier alpha value is -3.49. The smallest absolute Gasteiger partial charge is 0.266 e. The van der Waals surface area contributed by atoms with Crippen molar-refractivity contribution in [2.24, 2.45) is 0 Å². The maximum absolute atomic E-state index is 13.9. The summed E-state index contributed by atoms with van der Waals surface area (Å²) in [4.78, 5) is 19.0. The van der Waals surface area contributed by atoms with E-state index < -0.39 is 16.1 Å². The van der Waals surface area contributed by atoms with Gasteiger partial charge in [-0.15, -0.1) is 0 Å². The molecule has 0 aliphatic heterocycles. The monoisotopic (exact) mass is 519 g/mol. The molecule has 0 saturated heterocycles. The maximum Gasteiger partial charge on any atom is 0.266 e. The topological polar surface area (TPSA) is 81.5 Å². The lowest BCUT2D eigenvalue weighted by Gasteiger charge is -2.30. The van der Waals surface area contributed by atoms with Crippen LogP contribution in [0.25, 0.3) is 16.6 Å². The molecule has 1 aromatic heterocycles. The van der Waals surface area contributed by atoms with E-state index in [1.54, 1.807) is 61.5 Å².